The number of nitrogens with one attached hydrogen (secondary N) is 1. The lowest BCUT2D eigenvalue weighted by molar-refractivity contribution is -0.122. The summed E-state index contributed by atoms with van der Waals surface area (Å²) in [6.07, 6.45) is -1.15. The molecule has 0 spiro atoms. The molecule has 0 aliphatic heterocycles. The molecule has 0 aliphatic rings. The average Bonchev–Trinajstić information content (AvgIpc) is 3.07. The number of aliphatic hydroxyl groups excluding tert-OH is 1. The Morgan fingerprint density at radius 1 is 1.32 bits per heavy atom. The molecule has 160 valence electrons. The van der Waals surface area contributed by atoms with Crippen molar-refractivity contribution in [3.05, 3.63) is 11.7 Å². The fraction of sp³-hybridized carbons (Fsp3) is 0.765. The minimum Gasteiger partial charge on any atom is -0.381 e. The highest BCUT2D eigenvalue weighted by atomic mass is 32.2. The second kappa shape index (κ2) is 9.46. The molecule has 1 rings (SSSR count). The van der Waals surface area contributed by atoms with Gasteiger partial charge in [0, 0.05) is 17.8 Å². The van der Waals surface area contributed by atoms with Crippen LogP contribution in [0, 0.1) is 5.92 Å². The Labute approximate surface area is 165 Å². The zero-order chi connectivity index (χ0) is 21.7. The van der Waals surface area contributed by atoms with Crippen LogP contribution in [0.5, 0.6) is 0 Å². The summed E-state index contributed by atoms with van der Waals surface area (Å²) in [6.45, 7) is 8.85. The summed E-state index contributed by atoms with van der Waals surface area (Å²) in [5.41, 5.74) is 4.71. The first-order chi connectivity index (χ1) is 12.8. The molecule has 0 bridgehead atoms. The number of primary amides is 1. The molecule has 0 saturated heterocycles. The van der Waals surface area contributed by atoms with E-state index in [1.165, 1.54) is 6.92 Å². The van der Waals surface area contributed by atoms with E-state index in [2.05, 4.69) is 15.5 Å². The van der Waals surface area contributed by atoms with Gasteiger partial charge in [-0.15, -0.1) is 0 Å². The zero-order valence-corrected chi connectivity index (χ0v) is 17.7. The Balaban J connectivity index is 2.68. The summed E-state index contributed by atoms with van der Waals surface area (Å²) in [5.74, 6) is -2.50. The Hall–Kier alpha value is -2.01. The summed E-state index contributed by atoms with van der Waals surface area (Å²) in [7, 11) is -3.61. The molecular weight excluding hydrogens is 388 g/mol. The van der Waals surface area contributed by atoms with Crippen LogP contribution in [0.15, 0.2) is 4.52 Å². The number of sulfone groups is 1. The van der Waals surface area contributed by atoms with Gasteiger partial charge in [-0.3, -0.25) is 9.59 Å². The van der Waals surface area contributed by atoms with E-state index in [-0.39, 0.29) is 17.7 Å². The van der Waals surface area contributed by atoms with Crippen molar-refractivity contribution in [3.63, 3.8) is 0 Å². The van der Waals surface area contributed by atoms with Gasteiger partial charge in [0.2, 0.25) is 11.8 Å². The standard InChI is InChI=1S/C17H30N4O6S/c1-6-11(13(23)15-20-16(21-27-15)17(3,4)5)19-12(22)7-8-28(25,26)9-10(2)14(18)24/h10-11,13,23H,6-9H2,1-5H3,(H2,18,24)(H,19,22). The summed E-state index contributed by atoms with van der Waals surface area (Å²) in [5, 5.41) is 16.9. The van der Waals surface area contributed by atoms with Crippen molar-refractivity contribution in [2.75, 3.05) is 11.5 Å². The van der Waals surface area contributed by atoms with Gasteiger partial charge >= 0.3 is 0 Å². The third kappa shape index (κ3) is 7.19. The van der Waals surface area contributed by atoms with Gasteiger partial charge in [-0.05, 0) is 6.42 Å². The molecule has 1 aromatic heterocycles. The van der Waals surface area contributed by atoms with Crippen molar-refractivity contribution in [2.24, 2.45) is 11.7 Å². The largest absolute Gasteiger partial charge is 0.381 e. The number of carbonyl (C=O) groups excluding carboxylic acids is 2. The van der Waals surface area contributed by atoms with E-state index in [1.807, 2.05) is 20.8 Å². The third-order valence-corrected chi connectivity index (χ3v) is 6.00. The summed E-state index contributed by atoms with van der Waals surface area (Å²) in [4.78, 5) is 27.3. The van der Waals surface area contributed by atoms with Gasteiger partial charge < -0.3 is 20.7 Å². The molecule has 3 atom stereocenters. The smallest absolute Gasteiger partial charge is 0.257 e. The van der Waals surface area contributed by atoms with Crippen LogP contribution in [0.4, 0.5) is 0 Å². The number of hydrogen-bond donors (Lipinski definition) is 3. The molecule has 4 N–H and O–H groups in total. The van der Waals surface area contributed by atoms with Crippen LogP contribution in [-0.4, -0.2) is 53.0 Å². The molecule has 0 saturated carbocycles. The zero-order valence-electron chi connectivity index (χ0n) is 16.9. The third-order valence-electron chi connectivity index (χ3n) is 4.16. The van der Waals surface area contributed by atoms with Crippen LogP contribution in [-0.2, 0) is 24.8 Å². The first-order valence-electron chi connectivity index (χ1n) is 9.08. The number of aliphatic hydroxyl groups is 1. The van der Waals surface area contributed by atoms with Crippen LogP contribution >= 0.6 is 0 Å². The van der Waals surface area contributed by atoms with E-state index in [9.17, 15) is 23.1 Å². The molecule has 11 heteroatoms. The lowest BCUT2D eigenvalue weighted by atomic mass is 9.96. The van der Waals surface area contributed by atoms with Crippen molar-refractivity contribution >= 4 is 21.7 Å². The summed E-state index contributed by atoms with van der Waals surface area (Å²) < 4.78 is 29.1. The van der Waals surface area contributed by atoms with E-state index in [0.29, 0.717) is 12.2 Å². The molecule has 0 aromatic carbocycles. The molecule has 0 radical (unpaired) electrons. The Morgan fingerprint density at radius 2 is 1.93 bits per heavy atom. The van der Waals surface area contributed by atoms with E-state index in [4.69, 9.17) is 10.3 Å². The monoisotopic (exact) mass is 418 g/mol. The number of rotatable bonds is 10. The van der Waals surface area contributed by atoms with Crippen molar-refractivity contribution in [1.82, 2.24) is 15.5 Å². The fourth-order valence-electron chi connectivity index (χ4n) is 2.31. The van der Waals surface area contributed by atoms with Gasteiger partial charge in [-0.2, -0.15) is 4.98 Å². The van der Waals surface area contributed by atoms with Gasteiger partial charge in [-0.25, -0.2) is 8.42 Å². The number of amides is 2. The van der Waals surface area contributed by atoms with Crippen molar-refractivity contribution in [1.29, 1.82) is 0 Å². The number of nitrogens with zero attached hydrogens (tertiary/aromatic N) is 2. The highest BCUT2D eigenvalue weighted by Gasteiger charge is 2.29. The van der Waals surface area contributed by atoms with Crippen LogP contribution in [0.2, 0.25) is 0 Å². The van der Waals surface area contributed by atoms with E-state index in [0.717, 1.165) is 0 Å². The predicted octanol–water partition coefficient (Wildman–Crippen LogP) is 0.222. The Kier molecular flexibility index (Phi) is 8.12. The fourth-order valence-corrected chi connectivity index (χ4v) is 3.90. The SMILES string of the molecule is CCC(NC(=O)CCS(=O)(=O)CC(C)C(N)=O)C(O)c1nc(C(C)(C)C)no1. The van der Waals surface area contributed by atoms with Crippen LogP contribution in [0.3, 0.4) is 0 Å². The number of aromatic nitrogens is 2. The highest BCUT2D eigenvalue weighted by molar-refractivity contribution is 7.91. The van der Waals surface area contributed by atoms with Crippen LogP contribution in [0.1, 0.15) is 65.3 Å². The first kappa shape index (κ1) is 24.0. The Morgan fingerprint density at radius 3 is 2.39 bits per heavy atom. The van der Waals surface area contributed by atoms with Crippen molar-refractivity contribution in [3.8, 4) is 0 Å². The maximum atomic E-state index is 12.1. The van der Waals surface area contributed by atoms with E-state index in [1.54, 1.807) is 6.92 Å². The average molecular weight is 419 g/mol. The molecule has 0 fully saturated rings. The van der Waals surface area contributed by atoms with E-state index < -0.39 is 51.2 Å². The predicted molar refractivity (Wildman–Crippen MR) is 102 cm³/mol. The van der Waals surface area contributed by atoms with Crippen LogP contribution < -0.4 is 11.1 Å². The van der Waals surface area contributed by atoms with Gasteiger partial charge in [0.1, 0.15) is 0 Å². The number of nitrogens with two attached hydrogens (primary N) is 1. The molecule has 2 amide bonds. The van der Waals surface area contributed by atoms with Gasteiger partial charge in [0.25, 0.3) is 5.89 Å². The second-order valence-corrected chi connectivity index (χ2v) is 10.1. The molecule has 10 nitrogen and oxygen atoms in total. The summed E-state index contributed by atoms with van der Waals surface area (Å²) in [6, 6.07) is -0.715. The van der Waals surface area contributed by atoms with Gasteiger partial charge in [-0.1, -0.05) is 39.8 Å². The maximum absolute atomic E-state index is 12.1. The molecule has 0 aliphatic carbocycles. The lowest BCUT2D eigenvalue weighted by Gasteiger charge is -2.20. The lowest BCUT2D eigenvalue weighted by Crippen LogP contribution is -2.40. The van der Waals surface area contributed by atoms with Crippen LogP contribution in [0.25, 0.3) is 0 Å². The number of hydrogen-bond acceptors (Lipinski definition) is 8. The number of carbonyl (C=O) groups is 2. The molecule has 1 heterocycles. The van der Waals surface area contributed by atoms with Crippen molar-refractivity contribution < 1.29 is 27.6 Å². The minimum atomic E-state index is -3.61. The van der Waals surface area contributed by atoms with Gasteiger partial charge in [0.05, 0.1) is 17.5 Å². The minimum absolute atomic E-state index is 0.0139. The topological polar surface area (TPSA) is 165 Å². The molecule has 28 heavy (non-hydrogen) atoms. The highest BCUT2D eigenvalue weighted by Crippen LogP contribution is 2.23. The van der Waals surface area contributed by atoms with E-state index >= 15 is 0 Å². The Bertz CT molecular complexity index is 784. The normalized spacial score (nSPS) is 15.6. The first-order valence-corrected chi connectivity index (χ1v) is 10.9. The molecule has 3 unspecified atom stereocenters. The van der Waals surface area contributed by atoms with Crippen molar-refractivity contribution in [2.45, 2.75) is 65.0 Å². The maximum Gasteiger partial charge on any atom is 0.257 e. The molecular formula is C17H30N4O6S. The molecule has 1 aromatic rings. The summed E-state index contributed by atoms with van der Waals surface area (Å²) >= 11 is 0. The quantitative estimate of drug-likeness (QED) is 0.485. The second-order valence-electron chi connectivity index (χ2n) is 7.90. The van der Waals surface area contributed by atoms with Gasteiger partial charge in [0.15, 0.2) is 21.8 Å².